The van der Waals surface area contributed by atoms with Crippen LogP contribution in [0.4, 0.5) is 20.2 Å². The van der Waals surface area contributed by atoms with Crippen molar-refractivity contribution in [3.8, 4) is 11.5 Å². The normalized spacial score (nSPS) is 10.4. The third-order valence-electron chi connectivity index (χ3n) is 3.03. The zero-order valence-electron chi connectivity index (χ0n) is 13.3. The SMILES string of the molecule is CCOc1ccccc1NC(=S)Nc1cc(C)ccc1OC(F)F. The van der Waals surface area contributed by atoms with E-state index in [1.165, 1.54) is 6.07 Å². The highest BCUT2D eigenvalue weighted by Gasteiger charge is 2.12. The fraction of sp³-hybridized carbons (Fsp3) is 0.235. The van der Waals surface area contributed by atoms with E-state index >= 15 is 0 Å². The van der Waals surface area contributed by atoms with Crippen LogP contribution in [0.1, 0.15) is 12.5 Å². The lowest BCUT2D eigenvalue weighted by atomic mass is 10.2. The summed E-state index contributed by atoms with van der Waals surface area (Å²) in [4.78, 5) is 0. The van der Waals surface area contributed by atoms with Crippen LogP contribution in [-0.2, 0) is 0 Å². The molecule has 2 aromatic rings. The van der Waals surface area contributed by atoms with Gasteiger partial charge in [-0.05, 0) is 55.9 Å². The van der Waals surface area contributed by atoms with Crippen molar-refractivity contribution in [3.63, 3.8) is 0 Å². The Morgan fingerprint density at radius 1 is 1.08 bits per heavy atom. The number of rotatable bonds is 6. The van der Waals surface area contributed by atoms with Crippen molar-refractivity contribution >= 4 is 28.7 Å². The van der Waals surface area contributed by atoms with Gasteiger partial charge in [-0.15, -0.1) is 0 Å². The second kappa shape index (κ2) is 8.44. The lowest BCUT2D eigenvalue weighted by Crippen LogP contribution is -2.20. The summed E-state index contributed by atoms with van der Waals surface area (Å²) in [6.45, 7) is 1.34. The lowest BCUT2D eigenvalue weighted by Gasteiger charge is -2.16. The van der Waals surface area contributed by atoms with Crippen molar-refractivity contribution in [3.05, 3.63) is 48.0 Å². The minimum absolute atomic E-state index is 0.0258. The molecule has 0 aliphatic carbocycles. The summed E-state index contributed by atoms with van der Waals surface area (Å²) in [7, 11) is 0. The molecule has 0 atom stereocenters. The number of thiocarbonyl (C=S) groups is 1. The van der Waals surface area contributed by atoms with Crippen LogP contribution in [0, 0.1) is 6.92 Å². The summed E-state index contributed by atoms with van der Waals surface area (Å²) in [6.07, 6.45) is 0. The molecule has 2 rings (SSSR count). The molecule has 0 radical (unpaired) electrons. The Bertz CT molecular complexity index is 711. The average Bonchev–Trinajstić information content (AvgIpc) is 2.52. The Morgan fingerprint density at radius 3 is 2.50 bits per heavy atom. The van der Waals surface area contributed by atoms with Gasteiger partial charge in [0.15, 0.2) is 5.11 Å². The fourth-order valence-electron chi connectivity index (χ4n) is 2.07. The van der Waals surface area contributed by atoms with E-state index in [-0.39, 0.29) is 10.9 Å². The third-order valence-corrected chi connectivity index (χ3v) is 3.24. The molecule has 0 fully saturated rings. The van der Waals surface area contributed by atoms with Crippen LogP contribution in [0.5, 0.6) is 11.5 Å². The van der Waals surface area contributed by atoms with Gasteiger partial charge in [-0.1, -0.05) is 18.2 Å². The molecule has 0 saturated carbocycles. The Hall–Kier alpha value is -2.41. The van der Waals surface area contributed by atoms with E-state index in [0.29, 0.717) is 23.7 Å². The van der Waals surface area contributed by atoms with E-state index in [1.807, 2.05) is 38.1 Å². The molecular weight excluding hydrogens is 334 g/mol. The standard InChI is InChI=1S/C17H18F2N2O2S/c1-3-22-14-7-5-4-6-12(14)20-17(24)21-13-10-11(2)8-9-15(13)23-16(18)19/h4-10,16H,3H2,1-2H3,(H2,20,21,24). The van der Waals surface area contributed by atoms with E-state index in [9.17, 15) is 8.78 Å². The van der Waals surface area contributed by atoms with Gasteiger partial charge in [0.05, 0.1) is 18.0 Å². The highest BCUT2D eigenvalue weighted by molar-refractivity contribution is 7.80. The van der Waals surface area contributed by atoms with Gasteiger partial charge in [-0.2, -0.15) is 8.78 Å². The van der Waals surface area contributed by atoms with Crippen LogP contribution < -0.4 is 20.1 Å². The molecule has 4 nitrogen and oxygen atoms in total. The first-order valence-electron chi connectivity index (χ1n) is 7.35. The molecule has 0 aliphatic heterocycles. The summed E-state index contributed by atoms with van der Waals surface area (Å²) in [5.74, 6) is 0.676. The van der Waals surface area contributed by atoms with Gasteiger partial charge in [0.2, 0.25) is 0 Å². The second-order valence-electron chi connectivity index (χ2n) is 4.89. The summed E-state index contributed by atoms with van der Waals surface area (Å²) in [5.41, 5.74) is 1.93. The maximum absolute atomic E-state index is 12.5. The summed E-state index contributed by atoms with van der Waals surface area (Å²) < 4.78 is 35.0. The minimum Gasteiger partial charge on any atom is -0.492 e. The summed E-state index contributed by atoms with van der Waals surface area (Å²) in [6, 6.07) is 12.1. The van der Waals surface area contributed by atoms with E-state index in [4.69, 9.17) is 17.0 Å². The minimum atomic E-state index is -2.91. The molecule has 0 saturated heterocycles. The number of aryl methyl sites for hydroxylation is 1. The summed E-state index contributed by atoms with van der Waals surface area (Å²) >= 11 is 5.26. The van der Waals surface area contributed by atoms with Crippen molar-refractivity contribution in [1.82, 2.24) is 0 Å². The number of hydrogen-bond donors (Lipinski definition) is 2. The van der Waals surface area contributed by atoms with E-state index in [0.717, 1.165) is 5.56 Å². The molecule has 2 N–H and O–H groups in total. The Kier molecular flexibility index (Phi) is 6.31. The fourth-order valence-corrected chi connectivity index (χ4v) is 2.29. The Morgan fingerprint density at radius 2 is 1.79 bits per heavy atom. The number of benzene rings is 2. The molecule has 0 aromatic heterocycles. The van der Waals surface area contributed by atoms with Crippen molar-refractivity contribution in [1.29, 1.82) is 0 Å². The van der Waals surface area contributed by atoms with Gasteiger partial charge >= 0.3 is 6.61 Å². The molecule has 2 aromatic carbocycles. The Balaban J connectivity index is 2.14. The number of para-hydroxylation sites is 2. The van der Waals surface area contributed by atoms with Crippen molar-refractivity contribution < 1.29 is 18.3 Å². The Labute approximate surface area is 144 Å². The van der Waals surface area contributed by atoms with Crippen LogP contribution in [0.25, 0.3) is 0 Å². The van der Waals surface area contributed by atoms with Crippen molar-refractivity contribution in [2.24, 2.45) is 0 Å². The van der Waals surface area contributed by atoms with Gasteiger partial charge in [0.1, 0.15) is 11.5 Å². The zero-order valence-corrected chi connectivity index (χ0v) is 14.1. The lowest BCUT2D eigenvalue weighted by molar-refractivity contribution is -0.0493. The van der Waals surface area contributed by atoms with Crippen LogP contribution in [0.3, 0.4) is 0 Å². The molecule has 0 amide bonds. The van der Waals surface area contributed by atoms with Gasteiger partial charge in [-0.25, -0.2) is 0 Å². The monoisotopic (exact) mass is 352 g/mol. The number of anilines is 2. The maximum Gasteiger partial charge on any atom is 0.387 e. The van der Waals surface area contributed by atoms with Crippen molar-refractivity contribution in [2.45, 2.75) is 20.5 Å². The van der Waals surface area contributed by atoms with Crippen LogP contribution in [0.15, 0.2) is 42.5 Å². The number of nitrogens with one attached hydrogen (secondary N) is 2. The molecule has 0 heterocycles. The molecule has 128 valence electrons. The van der Waals surface area contributed by atoms with Crippen LogP contribution >= 0.6 is 12.2 Å². The predicted molar refractivity (Wildman–Crippen MR) is 95.3 cm³/mol. The van der Waals surface area contributed by atoms with Gasteiger partial charge < -0.3 is 20.1 Å². The maximum atomic E-state index is 12.5. The number of halogens is 2. The first-order chi connectivity index (χ1) is 11.5. The summed E-state index contributed by atoms with van der Waals surface area (Å²) in [5, 5.41) is 6.12. The molecule has 0 bridgehead atoms. The third kappa shape index (κ3) is 5.06. The quantitative estimate of drug-likeness (QED) is 0.731. The van der Waals surface area contributed by atoms with Crippen LogP contribution in [-0.4, -0.2) is 18.3 Å². The number of ether oxygens (including phenoxy) is 2. The zero-order chi connectivity index (χ0) is 17.5. The smallest absolute Gasteiger partial charge is 0.387 e. The topological polar surface area (TPSA) is 42.5 Å². The number of alkyl halides is 2. The number of hydrogen-bond acceptors (Lipinski definition) is 3. The predicted octanol–water partition coefficient (Wildman–Crippen LogP) is 4.80. The first-order valence-corrected chi connectivity index (χ1v) is 7.75. The van der Waals surface area contributed by atoms with Crippen LogP contribution in [0.2, 0.25) is 0 Å². The first kappa shape index (κ1) is 17.9. The largest absolute Gasteiger partial charge is 0.492 e. The highest BCUT2D eigenvalue weighted by atomic mass is 32.1. The van der Waals surface area contributed by atoms with E-state index < -0.39 is 6.61 Å². The van der Waals surface area contributed by atoms with E-state index in [2.05, 4.69) is 15.4 Å². The molecular formula is C17H18F2N2O2S. The molecule has 7 heteroatoms. The second-order valence-corrected chi connectivity index (χ2v) is 5.29. The van der Waals surface area contributed by atoms with E-state index in [1.54, 1.807) is 12.1 Å². The molecule has 0 aliphatic rings. The highest BCUT2D eigenvalue weighted by Crippen LogP contribution is 2.28. The van der Waals surface area contributed by atoms with Crippen molar-refractivity contribution in [2.75, 3.05) is 17.2 Å². The molecule has 24 heavy (non-hydrogen) atoms. The molecule has 0 spiro atoms. The average molecular weight is 352 g/mol. The van der Waals surface area contributed by atoms with Gasteiger partial charge in [0.25, 0.3) is 0 Å². The van der Waals surface area contributed by atoms with Gasteiger partial charge in [-0.3, -0.25) is 0 Å². The van der Waals surface area contributed by atoms with Gasteiger partial charge in [0, 0.05) is 0 Å². The molecule has 0 unspecified atom stereocenters.